The van der Waals surface area contributed by atoms with E-state index in [1.165, 1.54) is 17.8 Å². The summed E-state index contributed by atoms with van der Waals surface area (Å²) in [6.45, 7) is 1.84. The largest absolute Gasteiger partial charge is 0.324 e. The van der Waals surface area contributed by atoms with E-state index in [4.69, 9.17) is 5.73 Å². The summed E-state index contributed by atoms with van der Waals surface area (Å²) in [6, 6.07) is 8.43. The van der Waals surface area contributed by atoms with Crippen molar-refractivity contribution in [3.8, 4) is 0 Å². The first-order valence-corrected chi connectivity index (χ1v) is 7.03. The molecule has 2 nitrogen and oxygen atoms in total. The molecule has 2 aromatic rings. The molecule has 0 saturated carbocycles. The van der Waals surface area contributed by atoms with Crippen molar-refractivity contribution in [1.82, 2.24) is 4.98 Å². The molecule has 0 saturated heterocycles. The molecule has 0 bridgehead atoms. The van der Waals surface area contributed by atoms with E-state index >= 15 is 0 Å². The van der Waals surface area contributed by atoms with Gasteiger partial charge in [0.2, 0.25) is 0 Å². The number of halogens is 2. The lowest BCUT2D eigenvalue weighted by atomic mass is 10.1. The van der Waals surface area contributed by atoms with Gasteiger partial charge in [-0.2, -0.15) is 0 Å². The van der Waals surface area contributed by atoms with Crippen LogP contribution in [0.15, 0.2) is 50.9 Å². The van der Waals surface area contributed by atoms with Crippen LogP contribution in [0.25, 0.3) is 0 Å². The van der Waals surface area contributed by atoms with Gasteiger partial charge >= 0.3 is 0 Å². The van der Waals surface area contributed by atoms with Gasteiger partial charge in [0.15, 0.2) is 0 Å². The highest BCUT2D eigenvalue weighted by Gasteiger charge is 2.14. The average molecular weight is 327 g/mol. The summed E-state index contributed by atoms with van der Waals surface area (Å²) in [5.41, 5.74) is 6.65. The second-order valence-electron chi connectivity index (χ2n) is 3.84. The minimum atomic E-state index is -0.271. The Balaban J connectivity index is 2.43. The molecule has 5 heteroatoms. The molecule has 0 radical (unpaired) electrons. The van der Waals surface area contributed by atoms with Crippen molar-refractivity contribution < 1.29 is 4.39 Å². The maximum atomic E-state index is 13.9. The average Bonchev–Trinajstić information content (AvgIpc) is 2.34. The van der Waals surface area contributed by atoms with Crippen molar-refractivity contribution in [3.63, 3.8) is 0 Å². The van der Waals surface area contributed by atoms with E-state index in [0.29, 0.717) is 4.90 Å². The van der Waals surface area contributed by atoms with Crippen molar-refractivity contribution in [2.45, 2.75) is 22.9 Å². The number of pyridine rings is 1. The minimum absolute atomic E-state index is 0.217. The van der Waals surface area contributed by atoms with Crippen molar-refractivity contribution in [3.05, 3.63) is 52.4 Å². The quantitative estimate of drug-likeness (QED) is 0.920. The number of benzene rings is 1. The molecule has 0 amide bonds. The highest BCUT2D eigenvalue weighted by molar-refractivity contribution is 9.10. The topological polar surface area (TPSA) is 38.9 Å². The van der Waals surface area contributed by atoms with Gasteiger partial charge in [-0.15, -0.1) is 0 Å². The molecule has 18 heavy (non-hydrogen) atoms. The predicted molar refractivity (Wildman–Crippen MR) is 75.1 cm³/mol. The number of nitrogens with zero attached hydrogens (tertiary/aromatic N) is 1. The Kier molecular flexibility index (Phi) is 4.37. The van der Waals surface area contributed by atoms with Crippen molar-refractivity contribution in [2.24, 2.45) is 5.73 Å². The maximum Gasteiger partial charge on any atom is 0.137 e. The van der Waals surface area contributed by atoms with Crippen molar-refractivity contribution in [2.75, 3.05) is 0 Å². The molecular formula is C13H12BrFN2S. The van der Waals surface area contributed by atoms with Crippen LogP contribution in [0.3, 0.4) is 0 Å². The number of hydrogen-bond acceptors (Lipinski definition) is 3. The Bertz CT molecular complexity index is 560. The van der Waals surface area contributed by atoms with E-state index < -0.39 is 0 Å². The van der Waals surface area contributed by atoms with Gasteiger partial charge in [-0.25, -0.2) is 9.37 Å². The zero-order valence-corrected chi connectivity index (χ0v) is 12.1. The van der Waals surface area contributed by atoms with Crippen LogP contribution >= 0.6 is 27.7 Å². The van der Waals surface area contributed by atoms with Crippen molar-refractivity contribution >= 4 is 27.7 Å². The fourth-order valence-electron chi connectivity index (χ4n) is 1.53. The Morgan fingerprint density at radius 3 is 2.78 bits per heavy atom. The summed E-state index contributed by atoms with van der Waals surface area (Å²) in [5, 5.41) is 0.726. The lowest BCUT2D eigenvalue weighted by molar-refractivity contribution is 0.591. The summed E-state index contributed by atoms with van der Waals surface area (Å²) in [6.07, 6.45) is 1.68. The van der Waals surface area contributed by atoms with Crippen LogP contribution in [0.2, 0.25) is 0 Å². The molecule has 0 fully saturated rings. The molecule has 0 aliphatic rings. The first-order chi connectivity index (χ1) is 8.59. The summed E-state index contributed by atoms with van der Waals surface area (Å²) >= 11 is 4.69. The molecule has 2 rings (SSSR count). The molecule has 1 atom stereocenters. The van der Waals surface area contributed by atoms with E-state index in [1.807, 2.05) is 25.1 Å². The van der Waals surface area contributed by atoms with Gasteiger partial charge in [-0.05, 0) is 46.6 Å². The molecule has 1 aromatic heterocycles. The van der Waals surface area contributed by atoms with Crippen LogP contribution in [0.5, 0.6) is 0 Å². The lowest BCUT2D eigenvalue weighted by Crippen LogP contribution is -2.07. The van der Waals surface area contributed by atoms with Gasteiger partial charge in [0.25, 0.3) is 0 Å². The molecule has 94 valence electrons. The zero-order chi connectivity index (χ0) is 13.1. The third-order valence-corrected chi connectivity index (χ3v) is 4.47. The lowest BCUT2D eigenvalue weighted by Gasteiger charge is -2.13. The Labute approximate surface area is 118 Å². The third kappa shape index (κ3) is 2.91. The number of aromatic nitrogens is 1. The Morgan fingerprint density at radius 1 is 1.33 bits per heavy atom. The monoisotopic (exact) mass is 326 g/mol. The molecule has 1 aromatic carbocycles. The second kappa shape index (κ2) is 5.82. The van der Waals surface area contributed by atoms with E-state index in [2.05, 4.69) is 20.9 Å². The van der Waals surface area contributed by atoms with Crippen LogP contribution < -0.4 is 5.73 Å². The van der Waals surface area contributed by atoms with Gasteiger partial charge in [0.1, 0.15) is 10.8 Å². The highest BCUT2D eigenvalue weighted by Crippen LogP contribution is 2.36. The summed E-state index contributed by atoms with van der Waals surface area (Å²) in [7, 11) is 0. The van der Waals surface area contributed by atoms with Crippen molar-refractivity contribution in [1.29, 1.82) is 0 Å². The first-order valence-electron chi connectivity index (χ1n) is 5.42. The molecule has 0 unspecified atom stereocenters. The van der Waals surface area contributed by atoms with Crippen LogP contribution in [-0.2, 0) is 0 Å². The fourth-order valence-corrected chi connectivity index (χ4v) is 3.04. The van der Waals surface area contributed by atoms with Crippen LogP contribution in [-0.4, -0.2) is 4.98 Å². The molecule has 1 heterocycles. The van der Waals surface area contributed by atoms with Gasteiger partial charge in [0, 0.05) is 12.2 Å². The summed E-state index contributed by atoms with van der Waals surface area (Å²) < 4.78 is 14.7. The standard InChI is InChI=1S/C13H12BrFN2S/c1-8(16)9-4-2-6-11(15)12(9)18-13-10(14)5-3-7-17-13/h2-8H,16H2,1H3/t8-/m1/s1. The number of rotatable bonds is 3. The predicted octanol–water partition coefficient (Wildman–Crippen LogP) is 4.15. The van der Waals surface area contributed by atoms with E-state index in [9.17, 15) is 4.39 Å². The smallest absolute Gasteiger partial charge is 0.137 e. The van der Waals surface area contributed by atoms with E-state index in [-0.39, 0.29) is 11.9 Å². The van der Waals surface area contributed by atoms with E-state index in [0.717, 1.165) is 15.1 Å². The SMILES string of the molecule is C[C@@H](N)c1cccc(F)c1Sc1ncccc1Br. The van der Waals surface area contributed by atoms with Gasteiger partial charge < -0.3 is 5.73 Å². The van der Waals surface area contributed by atoms with E-state index in [1.54, 1.807) is 12.3 Å². The molecule has 0 aliphatic heterocycles. The minimum Gasteiger partial charge on any atom is -0.324 e. The van der Waals surface area contributed by atoms with Gasteiger partial charge in [0.05, 0.1) is 9.37 Å². The van der Waals surface area contributed by atoms with Gasteiger partial charge in [-0.1, -0.05) is 23.9 Å². The first kappa shape index (κ1) is 13.5. The van der Waals surface area contributed by atoms with Gasteiger partial charge in [-0.3, -0.25) is 0 Å². The van der Waals surface area contributed by atoms with Crippen LogP contribution in [0.4, 0.5) is 4.39 Å². The highest BCUT2D eigenvalue weighted by atomic mass is 79.9. The maximum absolute atomic E-state index is 13.9. The zero-order valence-electron chi connectivity index (χ0n) is 9.73. The number of nitrogens with two attached hydrogens (primary N) is 1. The molecule has 0 spiro atoms. The molecule has 2 N–H and O–H groups in total. The van der Waals surface area contributed by atoms with Crippen LogP contribution in [0.1, 0.15) is 18.5 Å². The molecule has 0 aliphatic carbocycles. The fraction of sp³-hybridized carbons (Fsp3) is 0.154. The Morgan fingerprint density at radius 2 is 2.11 bits per heavy atom. The normalized spacial score (nSPS) is 12.4. The third-order valence-electron chi connectivity index (χ3n) is 2.41. The summed E-state index contributed by atoms with van der Waals surface area (Å²) in [5.74, 6) is -0.271. The van der Waals surface area contributed by atoms with Crippen LogP contribution in [0, 0.1) is 5.82 Å². The number of hydrogen-bond donors (Lipinski definition) is 1. The Hall–Kier alpha value is -0.910. The summed E-state index contributed by atoms with van der Waals surface area (Å²) in [4.78, 5) is 4.76. The second-order valence-corrected chi connectivity index (χ2v) is 5.69. The molecular weight excluding hydrogens is 315 g/mol.